The van der Waals surface area contributed by atoms with Crippen molar-refractivity contribution in [1.82, 2.24) is 4.57 Å². The third-order valence-electron chi connectivity index (χ3n) is 5.66. The maximum Gasteiger partial charge on any atom is 0.0648 e. The Hall–Kier alpha value is -3.46. The monoisotopic (exact) mass is 454 g/mol. The molecule has 0 aliphatic rings. The second-order valence-electron chi connectivity index (χ2n) is 7.50. The third-order valence-corrected chi connectivity index (χ3v) is 6.34. The smallest absolute Gasteiger partial charge is 0.0648 e. The molecule has 0 fully saturated rings. The molecule has 5 rings (SSSR count). The summed E-state index contributed by atoms with van der Waals surface area (Å²) in [6.07, 6.45) is 3.29. The summed E-state index contributed by atoms with van der Waals surface area (Å²) >= 11 is 12.9. The summed E-state index contributed by atoms with van der Waals surface area (Å²) in [6, 6.07) is 27.0. The van der Waals surface area contributed by atoms with Crippen LogP contribution in [0.15, 0.2) is 115 Å². The van der Waals surface area contributed by atoms with Gasteiger partial charge in [-0.05, 0) is 47.9 Å². The van der Waals surface area contributed by atoms with Gasteiger partial charge in [0.05, 0.1) is 32.5 Å². The van der Waals surface area contributed by atoms with Crippen LogP contribution in [0, 0.1) is 0 Å². The number of para-hydroxylation sites is 2. The maximum absolute atomic E-state index is 6.66. The van der Waals surface area contributed by atoms with Crippen LogP contribution < -0.4 is 5.32 Å². The van der Waals surface area contributed by atoms with E-state index in [1.165, 1.54) is 10.8 Å². The summed E-state index contributed by atoms with van der Waals surface area (Å²) in [5.41, 5.74) is 4.80. The summed E-state index contributed by atoms with van der Waals surface area (Å²) in [4.78, 5) is 0. The summed E-state index contributed by atoms with van der Waals surface area (Å²) < 4.78 is 2.25. The van der Waals surface area contributed by atoms with E-state index in [4.69, 9.17) is 23.2 Å². The number of hydrogen-bond donors (Lipinski definition) is 1. The van der Waals surface area contributed by atoms with Crippen LogP contribution in [0.1, 0.15) is 0 Å². The van der Waals surface area contributed by atoms with Gasteiger partial charge in [-0.2, -0.15) is 0 Å². The molecule has 0 aliphatic heterocycles. The molecule has 1 N–H and O–H groups in total. The zero-order valence-electron chi connectivity index (χ0n) is 17.3. The molecule has 0 saturated carbocycles. The number of allylic oxidation sites excluding steroid dienone is 3. The Balaban J connectivity index is 1.87. The molecule has 0 aliphatic carbocycles. The Labute approximate surface area is 196 Å². The van der Waals surface area contributed by atoms with Gasteiger partial charge in [-0.1, -0.05) is 84.9 Å². The largest absolute Gasteiger partial charge is 0.354 e. The third kappa shape index (κ3) is 3.29. The molecule has 0 radical (unpaired) electrons. The van der Waals surface area contributed by atoms with Crippen LogP contribution in [0.4, 0.5) is 5.69 Å². The molecule has 2 nitrogen and oxygen atoms in total. The van der Waals surface area contributed by atoms with Crippen LogP contribution in [0.25, 0.3) is 38.3 Å². The number of benzene rings is 4. The minimum absolute atomic E-state index is 0.517. The van der Waals surface area contributed by atoms with Gasteiger partial charge in [0.25, 0.3) is 0 Å². The lowest BCUT2D eigenvalue weighted by Gasteiger charge is -2.13. The van der Waals surface area contributed by atoms with Gasteiger partial charge in [0.2, 0.25) is 0 Å². The van der Waals surface area contributed by atoms with E-state index >= 15 is 0 Å². The summed E-state index contributed by atoms with van der Waals surface area (Å²) in [6.45, 7) is 7.61. The highest BCUT2D eigenvalue weighted by molar-refractivity contribution is 6.33. The van der Waals surface area contributed by atoms with Crippen LogP contribution in [0.2, 0.25) is 5.02 Å². The molecule has 0 spiro atoms. The summed E-state index contributed by atoms with van der Waals surface area (Å²) in [7, 11) is 0. The lowest BCUT2D eigenvalue weighted by Crippen LogP contribution is -1.99. The van der Waals surface area contributed by atoms with Crippen LogP contribution in [-0.4, -0.2) is 4.57 Å². The first-order valence-electron chi connectivity index (χ1n) is 10.2. The molecule has 5 aromatic rings. The molecule has 0 unspecified atom stereocenters. The number of rotatable bonds is 5. The van der Waals surface area contributed by atoms with Gasteiger partial charge in [-0.3, -0.25) is 0 Å². The zero-order chi connectivity index (χ0) is 22.2. The lowest BCUT2D eigenvalue weighted by atomic mass is 10.0. The first kappa shape index (κ1) is 20.4. The molecule has 0 bridgehead atoms. The van der Waals surface area contributed by atoms with E-state index in [9.17, 15) is 0 Å². The van der Waals surface area contributed by atoms with Crippen molar-refractivity contribution >= 4 is 61.5 Å². The second-order valence-corrected chi connectivity index (χ2v) is 8.31. The van der Waals surface area contributed by atoms with Gasteiger partial charge in [-0.15, -0.1) is 0 Å². The predicted molar refractivity (Wildman–Crippen MR) is 140 cm³/mol. The van der Waals surface area contributed by atoms with Gasteiger partial charge in [0.1, 0.15) is 0 Å². The highest BCUT2D eigenvalue weighted by Crippen LogP contribution is 2.38. The van der Waals surface area contributed by atoms with Crippen molar-refractivity contribution in [1.29, 1.82) is 0 Å². The number of aromatic nitrogens is 1. The van der Waals surface area contributed by atoms with Crippen molar-refractivity contribution in [3.8, 4) is 5.69 Å². The number of hydrogen-bond acceptors (Lipinski definition) is 1. The van der Waals surface area contributed by atoms with Gasteiger partial charge in [-0.25, -0.2) is 0 Å². The van der Waals surface area contributed by atoms with E-state index < -0.39 is 0 Å². The van der Waals surface area contributed by atoms with Gasteiger partial charge in [0, 0.05) is 21.8 Å². The topological polar surface area (TPSA) is 17.0 Å². The van der Waals surface area contributed by atoms with E-state index in [0.717, 1.165) is 33.2 Å². The van der Waals surface area contributed by atoms with Crippen LogP contribution in [0.3, 0.4) is 0 Å². The van der Waals surface area contributed by atoms with E-state index in [1.54, 1.807) is 12.2 Å². The quantitative estimate of drug-likeness (QED) is 0.262. The maximum atomic E-state index is 6.66. The van der Waals surface area contributed by atoms with E-state index in [2.05, 4.69) is 77.6 Å². The van der Waals surface area contributed by atoms with Gasteiger partial charge >= 0.3 is 0 Å². The molecule has 0 saturated heterocycles. The molecule has 32 heavy (non-hydrogen) atoms. The number of fused-ring (bicyclic) bond motifs is 5. The molecule has 0 amide bonds. The number of nitrogens with one attached hydrogen (secondary N) is 1. The fourth-order valence-corrected chi connectivity index (χ4v) is 4.56. The highest BCUT2D eigenvalue weighted by atomic mass is 35.5. The summed E-state index contributed by atoms with van der Waals surface area (Å²) in [5, 5.41) is 9.19. The van der Waals surface area contributed by atoms with Gasteiger partial charge in [0.15, 0.2) is 0 Å². The Kier molecular flexibility index (Phi) is 5.26. The zero-order valence-corrected chi connectivity index (χ0v) is 18.8. The Bertz CT molecular complexity index is 1560. The van der Waals surface area contributed by atoms with Crippen LogP contribution in [-0.2, 0) is 0 Å². The van der Waals surface area contributed by atoms with Crippen LogP contribution >= 0.6 is 23.2 Å². The van der Waals surface area contributed by atoms with E-state index in [1.807, 2.05) is 24.3 Å². The SMILES string of the molecule is C=C/C(Cl)=C(\C=C)Nc1ccc2ccc3c4ccccc4n(-c4ccccc4Cl)c3c2c1. The highest BCUT2D eigenvalue weighted by Gasteiger charge is 2.16. The minimum atomic E-state index is 0.517. The summed E-state index contributed by atoms with van der Waals surface area (Å²) in [5.74, 6) is 0. The minimum Gasteiger partial charge on any atom is -0.354 e. The van der Waals surface area contributed by atoms with Crippen molar-refractivity contribution in [2.75, 3.05) is 5.32 Å². The average Bonchev–Trinajstić information content (AvgIpc) is 3.17. The molecule has 0 atom stereocenters. The first-order chi connectivity index (χ1) is 15.6. The van der Waals surface area contributed by atoms with Crippen LogP contribution in [0.5, 0.6) is 0 Å². The molecule has 1 aromatic heterocycles. The standard InChI is InChI=1S/C28H20Cl2N2/c1-3-23(29)25(4-2)31-19-15-13-18-14-16-21-20-9-5-7-11-26(20)32(28(21)22(18)17-19)27-12-8-6-10-24(27)30/h3-17,31H,1-2H2/b25-23-. The number of nitrogens with zero attached hydrogens (tertiary/aromatic N) is 1. The lowest BCUT2D eigenvalue weighted by molar-refractivity contribution is 1.19. The molecule has 156 valence electrons. The van der Waals surface area contributed by atoms with E-state index in [-0.39, 0.29) is 0 Å². The first-order valence-corrected chi connectivity index (χ1v) is 11.0. The van der Waals surface area contributed by atoms with E-state index in [0.29, 0.717) is 15.8 Å². The van der Waals surface area contributed by atoms with Crippen molar-refractivity contribution < 1.29 is 0 Å². The Morgan fingerprint density at radius 2 is 1.56 bits per heavy atom. The molecule has 4 heteroatoms. The number of halogens is 2. The molecule has 4 aromatic carbocycles. The van der Waals surface area contributed by atoms with Gasteiger partial charge < -0.3 is 9.88 Å². The Morgan fingerprint density at radius 1 is 0.812 bits per heavy atom. The van der Waals surface area contributed by atoms with Crippen molar-refractivity contribution in [2.45, 2.75) is 0 Å². The van der Waals surface area contributed by atoms with Crippen molar-refractivity contribution in [3.63, 3.8) is 0 Å². The second kappa shape index (κ2) is 8.23. The molecule has 1 heterocycles. The normalized spacial score (nSPS) is 12.2. The van der Waals surface area contributed by atoms with Crippen molar-refractivity contribution in [2.24, 2.45) is 0 Å². The molecular formula is C28H20Cl2N2. The average molecular weight is 455 g/mol. The molecular weight excluding hydrogens is 435 g/mol. The Morgan fingerprint density at radius 3 is 2.34 bits per heavy atom. The fraction of sp³-hybridized carbons (Fsp3) is 0. The fourth-order valence-electron chi connectivity index (χ4n) is 4.21. The predicted octanol–water partition coefficient (Wildman–Crippen LogP) is 8.82. The van der Waals surface area contributed by atoms with Crippen molar-refractivity contribution in [3.05, 3.63) is 120 Å². The number of anilines is 1.